The predicted octanol–water partition coefficient (Wildman–Crippen LogP) is 3.41. The van der Waals surface area contributed by atoms with Gasteiger partial charge in [-0.1, -0.05) is 0 Å². The lowest BCUT2D eigenvalue weighted by molar-refractivity contribution is -0.145. The third kappa shape index (κ3) is 4.92. The Bertz CT molecular complexity index is 1420. The largest absolute Gasteiger partial charge is 0.451 e. The van der Waals surface area contributed by atoms with Crippen LogP contribution in [0.1, 0.15) is 24.2 Å². The van der Waals surface area contributed by atoms with Gasteiger partial charge in [0, 0.05) is 37.2 Å². The number of rotatable bonds is 6. The highest BCUT2D eigenvalue weighted by atomic mass is 32.2. The molecule has 37 heavy (non-hydrogen) atoms. The van der Waals surface area contributed by atoms with Gasteiger partial charge in [-0.25, -0.2) is 22.8 Å². The minimum atomic E-state index is -4.66. The zero-order valence-corrected chi connectivity index (χ0v) is 20.0. The number of sulfonamides is 1. The van der Waals surface area contributed by atoms with E-state index in [1.54, 1.807) is 12.1 Å². The molecule has 1 N–H and O–H groups in total. The SMILES string of the molecule is O=C(NCc1ccnc(-c2cnc(C(F)(F)F)nc2)c1)[C@@H]1[C@H]2CC[C@H]2CN1S(=O)(=O)c1ccc(F)cc1. The number of nitrogens with zero attached hydrogens (tertiary/aromatic N) is 4. The first-order valence-corrected chi connectivity index (χ1v) is 12.9. The Kier molecular flexibility index (Phi) is 6.44. The molecule has 2 aliphatic rings. The zero-order valence-electron chi connectivity index (χ0n) is 19.2. The molecule has 2 fully saturated rings. The number of carbonyl (C=O) groups is 1. The molecule has 1 saturated carbocycles. The van der Waals surface area contributed by atoms with E-state index in [4.69, 9.17) is 0 Å². The number of hydrogen-bond acceptors (Lipinski definition) is 6. The van der Waals surface area contributed by atoms with Gasteiger partial charge < -0.3 is 5.32 Å². The number of carbonyl (C=O) groups excluding carboxylic acids is 1. The van der Waals surface area contributed by atoms with E-state index in [0.29, 0.717) is 11.3 Å². The predicted molar refractivity (Wildman–Crippen MR) is 122 cm³/mol. The van der Waals surface area contributed by atoms with E-state index < -0.39 is 39.8 Å². The van der Waals surface area contributed by atoms with Crippen LogP contribution in [0.2, 0.25) is 0 Å². The Morgan fingerprint density at radius 2 is 1.76 bits per heavy atom. The highest BCUT2D eigenvalue weighted by Gasteiger charge is 2.54. The molecule has 3 atom stereocenters. The van der Waals surface area contributed by atoms with Gasteiger partial charge in [-0.3, -0.25) is 9.78 Å². The van der Waals surface area contributed by atoms with Crippen LogP contribution in [0.4, 0.5) is 17.6 Å². The molecule has 3 aromatic rings. The van der Waals surface area contributed by atoms with Crippen molar-refractivity contribution >= 4 is 15.9 Å². The molecular weight excluding hydrogens is 514 g/mol. The number of fused-ring (bicyclic) bond motifs is 1. The summed E-state index contributed by atoms with van der Waals surface area (Å²) in [5.41, 5.74) is 1.20. The number of halogens is 4. The quantitative estimate of drug-likeness (QED) is 0.485. The molecule has 5 rings (SSSR count). The molecule has 1 aliphatic heterocycles. The summed E-state index contributed by atoms with van der Waals surface area (Å²) in [6.07, 6.45) is 0.382. The highest BCUT2D eigenvalue weighted by molar-refractivity contribution is 7.89. The summed E-state index contributed by atoms with van der Waals surface area (Å²) < 4.78 is 79.2. The molecule has 13 heteroatoms. The van der Waals surface area contributed by atoms with E-state index in [1.807, 2.05) is 0 Å². The summed E-state index contributed by atoms with van der Waals surface area (Å²) in [5, 5.41) is 2.78. The lowest BCUT2D eigenvalue weighted by Crippen LogP contribution is -2.49. The molecule has 1 saturated heterocycles. The Morgan fingerprint density at radius 3 is 2.38 bits per heavy atom. The van der Waals surface area contributed by atoms with E-state index in [9.17, 15) is 30.8 Å². The summed E-state index contributed by atoms with van der Waals surface area (Å²) in [6, 6.07) is 6.82. The van der Waals surface area contributed by atoms with Gasteiger partial charge in [0.1, 0.15) is 11.9 Å². The summed E-state index contributed by atoms with van der Waals surface area (Å²) in [4.78, 5) is 23.9. The molecular formula is C24H21F4N5O3S. The van der Waals surface area contributed by atoms with Crippen molar-refractivity contribution < 1.29 is 30.8 Å². The summed E-state index contributed by atoms with van der Waals surface area (Å²) in [5.74, 6) is -2.29. The second-order valence-electron chi connectivity index (χ2n) is 9.04. The monoisotopic (exact) mass is 535 g/mol. The van der Waals surface area contributed by atoms with Crippen molar-refractivity contribution in [3.8, 4) is 11.3 Å². The Hall–Kier alpha value is -3.45. The van der Waals surface area contributed by atoms with E-state index in [1.165, 1.54) is 22.6 Å². The van der Waals surface area contributed by atoms with Gasteiger partial charge in [0.2, 0.25) is 21.8 Å². The van der Waals surface area contributed by atoms with Gasteiger partial charge in [0.25, 0.3) is 0 Å². The van der Waals surface area contributed by atoms with Gasteiger partial charge >= 0.3 is 6.18 Å². The van der Waals surface area contributed by atoms with Crippen LogP contribution in [0.5, 0.6) is 0 Å². The second-order valence-corrected chi connectivity index (χ2v) is 10.9. The molecule has 1 aliphatic carbocycles. The Labute approximate surface area is 209 Å². The maximum absolute atomic E-state index is 13.3. The summed E-state index contributed by atoms with van der Waals surface area (Å²) in [6.45, 7) is 0.268. The summed E-state index contributed by atoms with van der Waals surface area (Å²) in [7, 11) is -4.01. The van der Waals surface area contributed by atoms with Crippen molar-refractivity contribution in [2.24, 2.45) is 11.8 Å². The molecule has 0 bridgehead atoms. The molecule has 0 unspecified atom stereocenters. The van der Waals surface area contributed by atoms with Gasteiger partial charge in [0.05, 0.1) is 10.6 Å². The highest BCUT2D eigenvalue weighted by Crippen LogP contribution is 2.46. The van der Waals surface area contributed by atoms with Crippen LogP contribution in [0.25, 0.3) is 11.3 Å². The number of aromatic nitrogens is 3. The van der Waals surface area contributed by atoms with Crippen LogP contribution in [0.3, 0.4) is 0 Å². The molecule has 2 aromatic heterocycles. The third-order valence-corrected chi connectivity index (χ3v) is 8.65. The summed E-state index contributed by atoms with van der Waals surface area (Å²) >= 11 is 0. The van der Waals surface area contributed by atoms with Gasteiger partial charge in [-0.15, -0.1) is 0 Å². The fourth-order valence-corrected chi connectivity index (χ4v) is 6.44. The number of benzene rings is 1. The number of hydrogen-bond donors (Lipinski definition) is 1. The normalized spacial score (nSPS) is 21.8. The molecule has 0 spiro atoms. The maximum Gasteiger partial charge on any atom is 0.451 e. The minimum Gasteiger partial charge on any atom is -0.351 e. The van der Waals surface area contributed by atoms with Crippen LogP contribution in [0.15, 0.2) is 59.9 Å². The van der Waals surface area contributed by atoms with Crippen LogP contribution >= 0.6 is 0 Å². The second kappa shape index (κ2) is 9.45. The lowest BCUT2D eigenvalue weighted by atomic mass is 9.73. The third-order valence-electron chi connectivity index (χ3n) is 6.79. The van der Waals surface area contributed by atoms with Crippen molar-refractivity contribution in [2.75, 3.05) is 6.54 Å². The smallest absolute Gasteiger partial charge is 0.351 e. The van der Waals surface area contributed by atoms with Gasteiger partial charge in [-0.2, -0.15) is 17.5 Å². The standard InChI is InChI=1S/C24H21F4N5O3S/c25-17-2-4-18(5-3-17)37(35,36)33-13-15-1-6-19(15)21(33)22(34)30-10-14-7-8-29-20(9-14)16-11-31-23(32-12-16)24(26,27)28/h2-5,7-9,11-12,15,19,21H,1,6,10,13H2,(H,30,34)/t15-,19-,21-/m0/s1. The fraction of sp³-hybridized carbons (Fsp3) is 0.333. The van der Waals surface area contributed by atoms with Crippen LogP contribution in [0, 0.1) is 17.7 Å². The van der Waals surface area contributed by atoms with Crippen molar-refractivity contribution in [1.29, 1.82) is 0 Å². The minimum absolute atomic E-state index is 0.0498. The van der Waals surface area contributed by atoms with Crippen molar-refractivity contribution in [3.05, 3.63) is 72.2 Å². The number of amides is 1. The van der Waals surface area contributed by atoms with E-state index in [2.05, 4.69) is 20.3 Å². The first-order valence-electron chi connectivity index (χ1n) is 11.4. The average molecular weight is 536 g/mol. The van der Waals surface area contributed by atoms with Crippen molar-refractivity contribution in [2.45, 2.75) is 36.5 Å². The van der Waals surface area contributed by atoms with Crippen molar-refractivity contribution in [3.63, 3.8) is 0 Å². The zero-order chi connectivity index (χ0) is 26.4. The first kappa shape index (κ1) is 25.2. The maximum atomic E-state index is 13.3. The van der Waals surface area contributed by atoms with E-state index in [-0.39, 0.29) is 35.4 Å². The van der Waals surface area contributed by atoms with E-state index >= 15 is 0 Å². The lowest BCUT2D eigenvalue weighted by Gasteiger charge is -2.32. The molecule has 3 heterocycles. The number of nitrogens with one attached hydrogen (secondary N) is 1. The molecule has 194 valence electrons. The average Bonchev–Trinajstić information content (AvgIpc) is 3.13. The molecule has 8 nitrogen and oxygen atoms in total. The van der Waals surface area contributed by atoms with Gasteiger partial charge in [-0.05, 0) is 66.6 Å². The van der Waals surface area contributed by atoms with Crippen molar-refractivity contribution in [1.82, 2.24) is 24.6 Å². The molecule has 1 amide bonds. The fourth-order valence-electron chi connectivity index (χ4n) is 4.75. The van der Waals surface area contributed by atoms with Crippen LogP contribution in [-0.4, -0.2) is 46.2 Å². The Morgan fingerprint density at radius 1 is 1.05 bits per heavy atom. The topological polar surface area (TPSA) is 105 Å². The van der Waals surface area contributed by atoms with Crippen LogP contribution in [-0.2, 0) is 27.5 Å². The van der Waals surface area contributed by atoms with Gasteiger partial charge in [0.15, 0.2) is 0 Å². The number of pyridine rings is 1. The Balaban J connectivity index is 1.31. The molecule has 0 radical (unpaired) electrons. The first-order chi connectivity index (χ1) is 17.5. The van der Waals surface area contributed by atoms with Crippen LogP contribution < -0.4 is 5.32 Å². The van der Waals surface area contributed by atoms with E-state index in [0.717, 1.165) is 37.4 Å². The number of alkyl halides is 3. The molecule has 1 aromatic carbocycles.